The van der Waals surface area contributed by atoms with E-state index >= 15 is 0 Å². The zero-order valence-corrected chi connectivity index (χ0v) is 17.7. The molecule has 28 heavy (non-hydrogen) atoms. The Morgan fingerprint density at radius 3 is 2.11 bits per heavy atom. The number of hydrogen-bond acceptors (Lipinski definition) is 3. The van der Waals surface area contributed by atoms with E-state index in [4.69, 9.17) is 11.6 Å². The second-order valence-electron chi connectivity index (χ2n) is 7.56. The fourth-order valence-electron chi connectivity index (χ4n) is 3.43. The maximum absolute atomic E-state index is 13.1. The van der Waals surface area contributed by atoms with Crippen LogP contribution in [0, 0.1) is 0 Å². The molecule has 1 aliphatic heterocycles. The molecule has 0 aliphatic carbocycles. The number of nitrogens with zero attached hydrogens (tertiary/aromatic N) is 2. The number of hydrogen-bond donors (Lipinski definition) is 0. The minimum atomic E-state index is -3.40. The molecule has 0 radical (unpaired) electrons. The van der Waals surface area contributed by atoms with Crippen LogP contribution in [0.3, 0.4) is 0 Å². The minimum Gasteiger partial charge on any atom is -0.339 e. The van der Waals surface area contributed by atoms with Gasteiger partial charge in [0.2, 0.25) is 15.9 Å². The summed E-state index contributed by atoms with van der Waals surface area (Å²) in [5.41, 5.74) is 0.960. The monoisotopic (exact) mass is 420 g/mol. The number of piperazine rings is 1. The van der Waals surface area contributed by atoms with Crippen molar-refractivity contribution in [2.75, 3.05) is 26.2 Å². The lowest BCUT2D eigenvalue weighted by atomic mass is 9.83. The van der Waals surface area contributed by atoms with Gasteiger partial charge in [0.1, 0.15) is 0 Å². The Bertz CT molecular complexity index is 920. The van der Waals surface area contributed by atoms with E-state index in [9.17, 15) is 13.2 Å². The summed E-state index contributed by atoms with van der Waals surface area (Å²) in [5.74, 6) is -0.0205. The molecule has 3 rings (SSSR count). The van der Waals surface area contributed by atoms with E-state index < -0.39 is 15.4 Å². The van der Waals surface area contributed by atoms with Crippen molar-refractivity contribution in [1.82, 2.24) is 9.21 Å². The lowest BCUT2D eigenvalue weighted by molar-refractivity contribution is -0.137. The highest BCUT2D eigenvalue weighted by Gasteiger charge is 2.36. The van der Waals surface area contributed by atoms with Gasteiger partial charge in [-0.05, 0) is 37.1 Å². The first-order valence-electron chi connectivity index (χ1n) is 9.27. The van der Waals surface area contributed by atoms with E-state index in [1.807, 2.05) is 56.3 Å². The summed E-state index contributed by atoms with van der Waals surface area (Å²) in [5, 5.41) is 0.629. The van der Waals surface area contributed by atoms with Crippen molar-refractivity contribution in [2.24, 2.45) is 0 Å². The zero-order chi connectivity index (χ0) is 20.4. The predicted molar refractivity (Wildman–Crippen MR) is 112 cm³/mol. The van der Waals surface area contributed by atoms with Gasteiger partial charge in [0.05, 0.1) is 11.2 Å². The van der Waals surface area contributed by atoms with Crippen LogP contribution in [0.15, 0.2) is 54.6 Å². The molecular weight excluding hydrogens is 396 g/mol. The predicted octanol–water partition coefficient (Wildman–Crippen LogP) is 3.29. The summed E-state index contributed by atoms with van der Waals surface area (Å²) in [6, 6.07) is 16.4. The molecule has 0 bridgehead atoms. The first-order chi connectivity index (χ1) is 13.2. The third-order valence-corrected chi connectivity index (χ3v) is 7.31. The van der Waals surface area contributed by atoms with Gasteiger partial charge in [-0.15, -0.1) is 0 Å². The van der Waals surface area contributed by atoms with Crippen LogP contribution in [-0.4, -0.2) is 49.7 Å². The number of rotatable bonds is 5. The minimum absolute atomic E-state index is 0.00469. The fraction of sp³-hybridized carbons (Fsp3) is 0.381. The lowest BCUT2D eigenvalue weighted by Crippen LogP contribution is -2.54. The molecule has 0 unspecified atom stereocenters. The SMILES string of the molecule is CC(C)(C(=O)N1CCN(S(=O)(=O)Cc2ccccc2)CC1)c1ccc(Cl)cc1. The largest absolute Gasteiger partial charge is 0.339 e. The van der Waals surface area contributed by atoms with Crippen molar-refractivity contribution < 1.29 is 13.2 Å². The van der Waals surface area contributed by atoms with E-state index in [2.05, 4.69) is 0 Å². The van der Waals surface area contributed by atoms with Crippen LogP contribution < -0.4 is 0 Å². The van der Waals surface area contributed by atoms with Crippen LogP contribution in [0.2, 0.25) is 5.02 Å². The highest BCUT2D eigenvalue weighted by Crippen LogP contribution is 2.28. The van der Waals surface area contributed by atoms with Crippen LogP contribution in [-0.2, 0) is 26.0 Å². The molecule has 0 spiro atoms. The summed E-state index contributed by atoms with van der Waals surface area (Å²) in [6.07, 6.45) is 0. The Morgan fingerprint density at radius 1 is 0.964 bits per heavy atom. The van der Waals surface area contributed by atoms with E-state index in [0.29, 0.717) is 31.2 Å². The van der Waals surface area contributed by atoms with Crippen LogP contribution in [0.1, 0.15) is 25.0 Å². The molecule has 1 fully saturated rings. The van der Waals surface area contributed by atoms with Gasteiger partial charge in [-0.1, -0.05) is 54.1 Å². The van der Waals surface area contributed by atoms with Gasteiger partial charge in [-0.25, -0.2) is 8.42 Å². The first kappa shape index (κ1) is 20.8. The van der Waals surface area contributed by atoms with Crippen LogP contribution >= 0.6 is 11.6 Å². The van der Waals surface area contributed by atoms with Crippen molar-refractivity contribution in [1.29, 1.82) is 0 Å². The molecule has 0 atom stereocenters. The average molecular weight is 421 g/mol. The lowest BCUT2D eigenvalue weighted by Gasteiger charge is -2.38. The molecule has 0 saturated carbocycles. The molecule has 0 N–H and O–H groups in total. The molecule has 150 valence electrons. The maximum Gasteiger partial charge on any atom is 0.232 e. The third-order valence-electron chi connectivity index (χ3n) is 5.21. The van der Waals surface area contributed by atoms with Gasteiger partial charge in [0, 0.05) is 31.2 Å². The molecule has 0 aromatic heterocycles. The summed E-state index contributed by atoms with van der Waals surface area (Å²) in [6.45, 7) is 5.19. The smallest absolute Gasteiger partial charge is 0.232 e. The summed E-state index contributed by atoms with van der Waals surface area (Å²) >= 11 is 5.95. The van der Waals surface area contributed by atoms with Crippen LogP contribution in [0.25, 0.3) is 0 Å². The highest BCUT2D eigenvalue weighted by atomic mass is 35.5. The second kappa shape index (κ2) is 8.23. The molecule has 5 nitrogen and oxygen atoms in total. The number of amides is 1. The van der Waals surface area contributed by atoms with Gasteiger partial charge >= 0.3 is 0 Å². The van der Waals surface area contributed by atoms with Crippen molar-refractivity contribution in [3.05, 3.63) is 70.7 Å². The van der Waals surface area contributed by atoms with E-state index in [1.165, 1.54) is 4.31 Å². The Kier molecular flexibility index (Phi) is 6.12. The quantitative estimate of drug-likeness (QED) is 0.745. The molecule has 1 amide bonds. The summed E-state index contributed by atoms with van der Waals surface area (Å²) < 4.78 is 26.9. The summed E-state index contributed by atoms with van der Waals surface area (Å²) in [7, 11) is -3.40. The molecular formula is C21H25ClN2O3S. The van der Waals surface area contributed by atoms with Gasteiger partial charge in [0.25, 0.3) is 0 Å². The Balaban J connectivity index is 1.64. The topological polar surface area (TPSA) is 57.7 Å². The second-order valence-corrected chi connectivity index (χ2v) is 9.97. The number of sulfonamides is 1. The van der Waals surface area contributed by atoms with Crippen LogP contribution in [0.4, 0.5) is 0 Å². The molecule has 1 heterocycles. The van der Waals surface area contributed by atoms with E-state index in [1.54, 1.807) is 17.0 Å². The van der Waals surface area contributed by atoms with Gasteiger partial charge in [-0.3, -0.25) is 4.79 Å². The number of carbonyl (C=O) groups is 1. The standard InChI is InChI=1S/C21H25ClN2O3S/c1-21(2,18-8-10-19(22)11-9-18)20(25)23-12-14-24(15-13-23)28(26,27)16-17-6-4-3-5-7-17/h3-11H,12-16H2,1-2H3. The number of carbonyl (C=O) groups excluding carboxylic acids is 1. The molecule has 2 aromatic rings. The van der Waals surface area contributed by atoms with E-state index in [-0.39, 0.29) is 11.7 Å². The van der Waals surface area contributed by atoms with E-state index in [0.717, 1.165) is 11.1 Å². The highest BCUT2D eigenvalue weighted by molar-refractivity contribution is 7.88. The molecule has 2 aromatic carbocycles. The zero-order valence-electron chi connectivity index (χ0n) is 16.1. The Labute approximate surface area is 172 Å². The molecule has 1 saturated heterocycles. The van der Waals surface area contributed by atoms with Gasteiger partial charge in [0.15, 0.2) is 0 Å². The van der Waals surface area contributed by atoms with Crippen LogP contribution in [0.5, 0.6) is 0 Å². The van der Waals surface area contributed by atoms with Gasteiger partial charge in [-0.2, -0.15) is 4.31 Å². The normalized spacial score (nSPS) is 16.2. The Morgan fingerprint density at radius 2 is 1.54 bits per heavy atom. The number of halogens is 1. The molecule has 7 heteroatoms. The maximum atomic E-state index is 13.1. The molecule has 1 aliphatic rings. The summed E-state index contributed by atoms with van der Waals surface area (Å²) in [4.78, 5) is 14.8. The average Bonchev–Trinajstić information content (AvgIpc) is 2.68. The van der Waals surface area contributed by atoms with Gasteiger partial charge < -0.3 is 4.90 Å². The van der Waals surface area contributed by atoms with Crippen molar-refractivity contribution in [2.45, 2.75) is 25.0 Å². The third kappa shape index (κ3) is 4.57. The van der Waals surface area contributed by atoms with Crippen molar-refractivity contribution in [3.63, 3.8) is 0 Å². The number of benzene rings is 2. The fourth-order valence-corrected chi connectivity index (χ4v) is 5.07. The first-order valence-corrected chi connectivity index (χ1v) is 11.3. The van der Waals surface area contributed by atoms with Crippen molar-refractivity contribution in [3.8, 4) is 0 Å². The van der Waals surface area contributed by atoms with Crippen molar-refractivity contribution >= 4 is 27.5 Å². The Hall–Kier alpha value is -1.89.